The SMILES string of the molecule is O=C(O)C(O)CCc1ccc2ccccc2c1. The lowest BCUT2D eigenvalue weighted by Crippen LogP contribution is -2.19. The summed E-state index contributed by atoms with van der Waals surface area (Å²) in [7, 11) is 0. The van der Waals surface area contributed by atoms with Crippen molar-refractivity contribution >= 4 is 16.7 Å². The van der Waals surface area contributed by atoms with Crippen LogP contribution in [0.15, 0.2) is 42.5 Å². The van der Waals surface area contributed by atoms with Crippen molar-refractivity contribution < 1.29 is 15.0 Å². The van der Waals surface area contributed by atoms with E-state index in [-0.39, 0.29) is 6.42 Å². The van der Waals surface area contributed by atoms with Gasteiger partial charge in [-0.15, -0.1) is 0 Å². The molecule has 0 saturated carbocycles. The third kappa shape index (κ3) is 2.82. The monoisotopic (exact) mass is 230 g/mol. The van der Waals surface area contributed by atoms with E-state index < -0.39 is 12.1 Å². The first-order valence-corrected chi connectivity index (χ1v) is 5.55. The number of benzene rings is 2. The quantitative estimate of drug-likeness (QED) is 0.846. The molecule has 2 N–H and O–H groups in total. The van der Waals surface area contributed by atoms with Crippen LogP contribution in [-0.4, -0.2) is 22.3 Å². The summed E-state index contributed by atoms with van der Waals surface area (Å²) in [6, 6.07) is 14.0. The molecule has 1 atom stereocenters. The highest BCUT2D eigenvalue weighted by Gasteiger charge is 2.12. The summed E-state index contributed by atoms with van der Waals surface area (Å²) >= 11 is 0. The molecule has 0 heterocycles. The van der Waals surface area contributed by atoms with Crippen molar-refractivity contribution in [1.82, 2.24) is 0 Å². The number of carbonyl (C=O) groups is 1. The Morgan fingerprint density at radius 1 is 1.12 bits per heavy atom. The van der Waals surface area contributed by atoms with Gasteiger partial charge in [0.15, 0.2) is 6.10 Å². The van der Waals surface area contributed by atoms with Crippen molar-refractivity contribution in [3.63, 3.8) is 0 Å². The van der Waals surface area contributed by atoms with Crippen molar-refractivity contribution in [3.8, 4) is 0 Å². The Kier molecular flexibility index (Phi) is 3.40. The molecule has 0 bridgehead atoms. The van der Waals surface area contributed by atoms with E-state index >= 15 is 0 Å². The number of hydrogen-bond acceptors (Lipinski definition) is 2. The number of hydrogen-bond donors (Lipinski definition) is 2. The number of carboxylic acid groups (broad SMARTS) is 1. The van der Waals surface area contributed by atoms with Gasteiger partial charge in [0.2, 0.25) is 0 Å². The second kappa shape index (κ2) is 4.97. The summed E-state index contributed by atoms with van der Waals surface area (Å²) in [5.74, 6) is -1.16. The topological polar surface area (TPSA) is 57.5 Å². The maximum atomic E-state index is 10.5. The number of fused-ring (bicyclic) bond motifs is 1. The summed E-state index contributed by atoms with van der Waals surface area (Å²) in [6.45, 7) is 0. The molecule has 0 radical (unpaired) electrons. The van der Waals surface area contributed by atoms with E-state index in [4.69, 9.17) is 5.11 Å². The Labute approximate surface area is 99.3 Å². The first-order chi connectivity index (χ1) is 8.16. The van der Waals surface area contributed by atoms with Gasteiger partial charge in [0, 0.05) is 0 Å². The molecule has 88 valence electrons. The number of carboxylic acids is 1. The molecule has 3 nitrogen and oxygen atoms in total. The Balaban J connectivity index is 2.12. The van der Waals surface area contributed by atoms with E-state index in [0.29, 0.717) is 6.42 Å². The molecule has 1 unspecified atom stereocenters. The van der Waals surface area contributed by atoms with Crippen LogP contribution >= 0.6 is 0 Å². The standard InChI is InChI=1S/C14H14O3/c15-13(14(16)17)8-6-10-5-7-11-3-1-2-4-12(11)9-10/h1-5,7,9,13,15H,6,8H2,(H,16,17). The van der Waals surface area contributed by atoms with Gasteiger partial charge in [0.1, 0.15) is 0 Å². The zero-order valence-electron chi connectivity index (χ0n) is 9.34. The third-order valence-corrected chi connectivity index (χ3v) is 2.81. The third-order valence-electron chi connectivity index (χ3n) is 2.81. The Bertz CT molecular complexity index is 534. The number of aliphatic hydroxyl groups excluding tert-OH is 1. The molecular weight excluding hydrogens is 216 g/mol. The van der Waals surface area contributed by atoms with Gasteiger partial charge >= 0.3 is 5.97 Å². The fraction of sp³-hybridized carbons (Fsp3) is 0.214. The van der Waals surface area contributed by atoms with Crippen molar-refractivity contribution in [2.75, 3.05) is 0 Å². The van der Waals surface area contributed by atoms with Crippen LogP contribution in [0.2, 0.25) is 0 Å². The summed E-state index contributed by atoms with van der Waals surface area (Å²) < 4.78 is 0. The van der Waals surface area contributed by atoms with Gasteiger partial charge in [-0.1, -0.05) is 42.5 Å². The van der Waals surface area contributed by atoms with E-state index in [9.17, 15) is 9.90 Å². The van der Waals surface area contributed by atoms with Crippen LogP contribution in [0.4, 0.5) is 0 Å². The predicted molar refractivity (Wildman–Crippen MR) is 65.9 cm³/mol. The molecule has 3 heteroatoms. The predicted octanol–water partition coefficient (Wildman–Crippen LogP) is 2.22. The average Bonchev–Trinajstić information content (AvgIpc) is 2.35. The van der Waals surface area contributed by atoms with Crippen LogP contribution in [-0.2, 0) is 11.2 Å². The lowest BCUT2D eigenvalue weighted by molar-refractivity contribution is -0.146. The van der Waals surface area contributed by atoms with Crippen molar-refractivity contribution in [3.05, 3.63) is 48.0 Å². The molecule has 0 aliphatic heterocycles. The van der Waals surface area contributed by atoms with Crippen molar-refractivity contribution in [1.29, 1.82) is 0 Å². The Hall–Kier alpha value is -1.87. The average molecular weight is 230 g/mol. The fourth-order valence-corrected chi connectivity index (χ4v) is 1.82. The van der Waals surface area contributed by atoms with Crippen LogP contribution in [0.3, 0.4) is 0 Å². The highest BCUT2D eigenvalue weighted by Crippen LogP contribution is 2.17. The number of rotatable bonds is 4. The minimum absolute atomic E-state index is 0.244. The van der Waals surface area contributed by atoms with Crippen LogP contribution in [0.1, 0.15) is 12.0 Å². The zero-order valence-corrected chi connectivity index (χ0v) is 9.34. The van der Waals surface area contributed by atoms with E-state index in [2.05, 4.69) is 0 Å². The smallest absolute Gasteiger partial charge is 0.332 e. The maximum Gasteiger partial charge on any atom is 0.332 e. The minimum Gasteiger partial charge on any atom is -0.479 e. The molecule has 2 rings (SSSR count). The molecule has 0 aliphatic carbocycles. The molecule has 0 saturated heterocycles. The molecule has 0 aliphatic rings. The number of aliphatic hydroxyl groups is 1. The Morgan fingerprint density at radius 2 is 1.82 bits per heavy atom. The number of aliphatic carboxylic acids is 1. The van der Waals surface area contributed by atoms with Gasteiger partial charge in [-0.2, -0.15) is 0 Å². The maximum absolute atomic E-state index is 10.5. The molecule has 0 spiro atoms. The van der Waals surface area contributed by atoms with Crippen molar-refractivity contribution in [2.24, 2.45) is 0 Å². The highest BCUT2D eigenvalue weighted by atomic mass is 16.4. The molecule has 0 aromatic heterocycles. The summed E-state index contributed by atoms with van der Waals surface area (Å²) in [6.07, 6.45) is -0.465. The Morgan fingerprint density at radius 3 is 2.53 bits per heavy atom. The van der Waals surface area contributed by atoms with Gasteiger partial charge in [-0.3, -0.25) is 0 Å². The highest BCUT2D eigenvalue weighted by molar-refractivity contribution is 5.83. The van der Waals surface area contributed by atoms with Gasteiger partial charge in [-0.05, 0) is 29.2 Å². The van der Waals surface area contributed by atoms with Crippen LogP contribution in [0, 0.1) is 0 Å². The van der Waals surface area contributed by atoms with E-state index in [1.807, 2.05) is 42.5 Å². The summed E-state index contributed by atoms with van der Waals surface area (Å²) in [5.41, 5.74) is 1.05. The van der Waals surface area contributed by atoms with E-state index in [1.54, 1.807) is 0 Å². The van der Waals surface area contributed by atoms with E-state index in [0.717, 1.165) is 16.3 Å². The lowest BCUT2D eigenvalue weighted by Gasteiger charge is -2.06. The lowest BCUT2D eigenvalue weighted by atomic mass is 10.0. The normalized spacial score (nSPS) is 12.5. The molecule has 17 heavy (non-hydrogen) atoms. The van der Waals surface area contributed by atoms with E-state index in [1.165, 1.54) is 0 Å². The molecule has 0 fully saturated rings. The molecule has 2 aromatic rings. The summed E-state index contributed by atoms with van der Waals surface area (Å²) in [5, 5.41) is 20.1. The second-order valence-electron chi connectivity index (χ2n) is 4.07. The molecule has 2 aromatic carbocycles. The van der Waals surface area contributed by atoms with Crippen LogP contribution in [0.25, 0.3) is 10.8 Å². The van der Waals surface area contributed by atoms with Gasteiger partial charge in [0.05, 0.1) is 0 Å². The zero-order chi connectivity index (χ0) is 12.3. The van der Waals surface area contributed by atoms with Gasteiger partial charge in [0.25, 0.3) is 0 Å². The fourth-order valence-electron chi connectivity index (χ4n) is 1.82. The van der Waals surface area contributed by atoms with Gasteiger partial charge in [-0.25, -0.2) is 4.79 Å². The second-order valence-corrected chi connectivity index (χ2v) is 4.07. The first kappa shape index (κ1) is 11.6. The molecular formula is C14H14O3. The van der Waals surface area contributed by atoms with Crippen molar-refractivity contribution in [2.45, 2.75) is 18.9 Å². The minimum atomic E-state index is -1.28. The van der Waals surface area contributed by atoms with Gasteiger partial charge < -0.3 is 10.2 Å². The molecule has 0 amide bonds. The number of aryl methyl sites for hydroxylation is 1. The first-order valence-electron chi connectivity index (χ1n) is 5.55. The summed E-state index contributed by atoms with van der Waals surface area (Å²) in [4.78, 5) is 10.5. The van der Waals surface area contributed by atoms with Crippen LogP contribution in [0.5, 0.6) is 0 Å². The largest absolute Gasteiger partial charge is 0.479 e. The van der Waals surface area contributed by atoms with Crippen LogP contribution < -0.4 is 0 Å².